The fourth-order valence-electron chi connectivity index (χ4n) is 4.14. The number of hydrogen-bond acceptors (Lipinski definition) is 6. The summed E-state index contributed by atoms with van der Waals surface area (Å²) in [5.41, 5.74) is 2.43. The minimum Gasteiger partial charge on any atom is -0.481 e. The van der Waals surface area contributed by atoms with Crippen molar-refractivity contribution >= 4 is 46.8 Å². The smallest absolute Gasteiger partial charge is 0.303 e. The van der Waals surface area contributed by atoms with Gasteiger partial charge < -0.3 is 20.0 Å². The quantitative estimate of drug-likeness (QED) is 0.371. The zero-order valence-corrected chi connectivity index (χ0v) is 22.4. The summed E-state index contributed by atoms with van der Waals surface area (Å²) in [6, 6.07) is 14.8. The lowest BCUT2D eigenvalue weighted by molar-refractivity contribution is -0.137. The van der Waals surface area contributed by atoms with Gasteiger partial charge in [-0.15, -0.1) is 0 Å². The van der Waals surface area contributed by atoms with Gasteiger partial charge in [-0.1, -0.05) is 23.7 Å². The van der Waals surface area contributed by atoms with Crippen molar-refractivity contribution in [1.82, 2.24) is 9.80 Å². The van der Waals surface area contributed by atoms with Gasteiger partial charge in [0.05, 0.1) is 12.4 Å². The Hall–Kier alpha value is -2.59. The number of aliphatic hydroxyl groups excluding tert-OH is 1. The molecule has 0 aliphatic carbocycles. The second-order valence-corrected chi connectivity index (χ2v) is 10.4. The van der Waals surface area contributed by atoms with Gasteiger partial charge in [0.2, 0.25) is 5.91 Å². The number of carbonyl (C=O) groups is 3. The maximum atomic E-state index is 13.0. The number of anilines is 1. The Labute approximate surface area is 227 Å². The molecule has 1 aliphatic heterocycles. The highest BCUT2D eigenvalue weighted by atomic mass is 35.5. The summed E-state index contributed by atoms with van der Waals surface area (Å²) in [5, 5.41) is 18.9. The van der Waals surface area contributed by atoms with Crippen molar-refractivity contribution in [2.45, 2.75) is 19.3 Å². The van der Waals surface area contributed by atoms with E-state index in [0.29, 0.717) is 36.5 Å². The van der Waals surface area contributed by atoms with Crippen molar-refractivity contribution in [2.24, 2.45) is 0 Å². The van der Waals surface area contributed by atoms with Crippen molar-refractivity contribution < 1.29 is 24.6 Å². The Morgan fingerprint density at radius 3 is 2.27 bits per heavy atom. The third-order valence-electron chi connectivity index (χ3n) is 6.24. The molecule has 1 heterocycles. The first-order chi connectivity index (χ1) is 17.9. The fraction of sp³-hybridized carbons (Fsp3) is 0.444. The summed E-state index contributed by atoms with van der Waals surface area (Å²) in [6.07, 6.45) is 1.52. The molecular formula is C27H34ClN3O5S. The van der Waals surface area contributed by atoms with Crippen LogP contribution in [0.2, 0.25) is 5.02 Å². The lowest BCUT2D eigenvalue weighted by Crippen LogP contribution is -2.49. The second-order valence-electron chi connectivity index (χ2n) is 8.88. The zero-order chi connectivity index (χ0) is 26.6. The number of carboxylic acid groups (broad SMARTS) is 1. The number of halogens is 1. The van der Waals surface area contributed by atoms with Crippen LogP contribution in [0.3, 0.4) is 0 Å². The molecule has 2 aromatic rings. The van der Waals surface area contributed by atoms with Crippen LogP contribution in [0.4, 0.5) is 5.69 Å². The molecule has 2 aromatic carbocycles. The monoisotopic (exact) mass is 547 g/mol. The van der Waals surface area contributed by atoms with Gasteiger partial charge in [-0.2, -0.15) is 11.8 Å². The average molecular weight is 548 g/mol. The molecule has 1 fully saturated rings. The lowest BCUT2D eigenvalue weighted by Gasteiger charge is -2.35. The number of piperazine rings is 1. The van der Waals surface area contributed by atoms with Gasteiger partial charge >= 0.3 is 5.97 Å². The standard InChI is InChI=1S/C27H34ClN3O5S/c28-23-7-3-21(4-8-23)11-12-29-13-15-30(16-14-29)27(36)22-5-9-24(10-6-22)31(17-18-32)25(33)20-37-19-1-2-26(34)35/h3-10,32H,1-2,11-20H2,(H,34,35). The van der Waals surface area contributed by atoms with Crippen LogP contribution in [-0.2, 0) is 16.0 Å². The van der Waals surface area contributed by atoms with E-state index in [4.69, 9.17) is 16.7 Å². The average Bonchev–Trinajstić information content (AvgIpc) is 2.91. The number of thioether (sulfide) groups is 1. The van der Waals surface area contributed by atoms with Gasteiger partial charge in [-0.25, -0.2) is 0 Å². The molecular weight excluding hydrogens is 514 g/mol. The first kappa shape index (κ1) is 29.0. The van der Waals surface area contributed by atoms with Crippen molar-refractivity contribution in [3.05, 3.63) is 64.7 Å². The van der Waals surface area contributed by atoms with Crippen molar-refractivity contribution in [2.75, 3.05) is 62.3 Å². The van der Waals surface area contributed by atoms with Gasteiger partial charge in [0.15, 0.2) is 0 Å². The molecule has 1 aliphatic rings. The van der Waals surface area contributed by atoms with E-state index in [-0.39, 0.29) is 37.1 Å². The van der Waals surface area contributed by atoms with Crippen LogP contribution < -0.4 is 4.90 Å². The van der Waals surface area contributed by atoms with E-state index in [1.54, 1.807) is 24.3 Å². The number of nitrogens with zero attached hydrogens (tertiary/aromatic N) is 3. The highest BCUT2D eigenvalue weighted by Crippen LogP contribution is 2.19. The van der Waals surface area contributed by atoms with Crippen LogP contribution >= 0.6 is 23.4 Å². The molecule has 10 heteroatoms. The fourth-order valence-corrected chi connectivity index (χ4v) is 5.09. The minimum atomic E-state index is -0.848. The molecule has 37 heavy (non-hydrogen) atoms. The van der Waals surface area contributed by atoms with E-state index in [0.717, 1.165) is 31.1 Å². The van der Waals surface area contributed by atoms with E-state index < -0.39 is 5.97 Å². The van der Waals surface area contributed by atoms with E-state index >= 15 is 0 Å². The Balaban J connectivity index is 1.47. The predicted molar refractivity (Wildman–Crippen MR) is 148 cm³/mol. The van der Waals surface area contributed by atoms with Gasteiger partial charge in [0, 0.05) is 62.0 Å². The third-order valence-corrected chi connectivity index (χ3v) is 7.53. The van der Waals surface area contributed by atoms with Crippen LogP contribution in [-0.4, -0.2) is 95.2 Å². The van der Waals surface area contributed by atoms with Crippen LogP contribution in [0.15, 0.2) is 48.5 Å². The van der Waals surface area contributed by atoms with Gasteiger partial charge in [-0.3, -0.25) is 19.3 Å². The van der Waals surface area contributed by atoms with Gasteiger partial charge in [0.25, 0.3) is 5.91 Å². The highest BCUT2D eigenvalue weighted by molar-refractivity contribution is 7.99. The maximum absolute atomic E-state index is 13.0. The molecule has 0 bridgehead atoms. The predicted octanol–water partition coefficient (Wildman–Crippen LogP) is 3.26. The van der Waals surface area contributed by atoms with Crippen molar-refractivity contribution in [3.8, 4) is 0 Å². The summed E-state index contributed by atoms with van der Waals surface area (Å²) in [7, 11) is 0. The summed E-state index contributed by atoms with van der Waals surface area (Å²) in [4.78, 5) is 42.0. The number of amides is 2. The number of hydrogen-bond donors (Lipinski definition) is 2. The molecule has 1 saturated heterocycles. The van der Waals surface area contributed by atoms with E-state index in [1.165, 1.54) is 22.2 Å². The Bertz CT molecular complexity index is 1030. The summed E-state index contributed by atoms with van der Waals surface area (Å²) in [6.45, 7) is 3.87. The molecule has 2 N–H and O–H groups in total. The number of aliphatic hydroxyl groups is 1. The maximum Gasteiger partial charge on any atom is 0.303 e. The largest absolute Gasteiger partial charge is 0.481 e. The molecule has 0 atom stereocenters. The van der Waals surface area contributed by atoms with E-state index in [2.05, 4.69) is 4.90 Å². The SMILES string of the molecule is O=C(O)CCCSCC(=O)N(CCO)c1ccc(C(=O)N2CCN(CCc3ccc(Cl)cc3)CC2)cc1. The Kier molecular flexibility index (Phi) is 11.7. The normalized spacial score (nSPS) is 13.9. The van der Waals surface area contributed by atoms with Crippen LogP contribution in [0.25, 0.3) is 0 Å². The first-order valence-electron chi connectivity index (χ1n) is 12.4. The Morgan fingerprint density at radius 1 is 0.973 bits per heavy atom. The molecule has 0 saturated carbocycles. The topological polar surface area (TPSA) is 101 Å². The molecule has 2 amide bonds. The molecule has 3 rings (SSSR count). The summed E-state index contributed by atoms with van der Waals surface area (Å²) in [5.74, 6) is -0.268. The minimum absolute atomic E-state index is 0.0297. The highest BCUT2D eigenvalue weighted by Gasteiger charge is 2.23. The number of aliphatic carboxylic acids is 1. The van der Waals surface area contributed by atoms with Crippen molar-refractivity contribution in [1.29, 1.82) is 0 Å². The van der Waals surface area contributed by atoms with Crippen LogP contribution in [0.1, 0.15) is 28.8 Å². The van der Waals surface area contributed by atoms with Gasteiger partial charge in [-0.05, 0) is 60.6 Å². The van der Waals surface area contributed by atoms with E-state index in [1.807, 2.05) is 29.2 Å². The van der Waals surface area contributed by atoms with Crippen LogP contribution in [0, 0.1) is 0 Å². The van der Waals surface area contributed by atoms with E-state index in [9.17, 15) is 19.5 Å². The van der Waals surface area contributed by atoms with Crippen LogP contribution in [0.5, 0.6) is 0 Å². The number of benzene rings is 2. The zero-order valence-electron chi connectivity index (χ0n) is 20.9. The molecule has 200 valence electrons. The Morgan fingerprint density at radius 2 is 1.65 bits per heavy atom. The summed E-state index contributed by atoms with van der Waals surface area (Å²) < 4.78 is 0. The molecule has 8 nitrogen and oxygen atoms in total. The number of carbonyl (C=O) groups excluding carboxylic acids is 2. The number of carboxylic acids is 1. The van der Waals surface area contributed by atoms with Crippen molar-refractivity contribution in [3.63, 3.8) is 0 Å². The molecule has 0 radical (unpaired) electrons. The molecule has 0 unspecified atom stereocenters. The number of rotatable bonds is 13. The molecule has 0 spiro atoms. The summed E-state index contributed by atoms with van der Waals surface area (Å²) >= 11 is 7.33. The third kappa shape index (κ3) is 9.34. The molecule has 0 aromatic heterocycles. The lowest BCUT2D eigenvalue weighted by atomic mass is 10.1. The van der Waals surface area contributed by atoms with Gasteiger partial charge in [0.1, 0.15) is 0 Å². The first-order valence-corrected chi connectivity index (χ1v) is 14.0. The second kappa shape index (κ2) is 15.0.